The predicted octanol–water partition coefficient (Wildman–Crippen LogP) is 2.67. The van der Waals surface area contributed by atoms with Crippen LogP contribution in [0.15, 0.2) is 27.1 Å². The number of nitrogens with zero attached hydrogens (tertiary/aromatic N) is 2. The van der Waals surface area contributed by atoms with E-state index < -0.39 is 23.6 Å². The number of halogens is 1. The molecule has 2 amide bonds. The quantitative estimate of drug-likeness (QED) is 0.715. The molecule has 9 heteroatoms. The molecule has 1 heterocycles. The van der Waals surface area contributed by atoms with Crippen molar-refractivity contribution in [2.75, 3.05) is 6.54 Å². The van der Waals surface area contributed by atoms with Crippen LogP contribution >= 0.6 is 15.9 Å². The number of ether oxygens (including phenoxy) is 1. The van der Waals surface area contributed by atoms with Crippen LogP contribution in [0, 0.1) is 11.3 Å². The van der Waals surface area contributed by atoms with Gasteiger partial charge in [0, 0.05) is 4.47 Å². The fourth-order valence-corrected chi connectivity index (χ4v) is 2.46. The Hall–Kier alpha value is -2.60. The molecule has 2 N–H and O–H groups in total. The van der Waals surface area contributed by atoms with E-state index in [1.807, 2.05) is 12.1 Å². The second kappa shape index (κ2) is 8.19. The van der Waals surface area contributed by atoms with E-state index in [2.05, 4.69) is 31.5 Å². The maximum absolute atomic E-state index is 12.3. The largest absolute Gasteiger partial charge is 0.444 e. The van der Waals surface area contributed by atoms with Crippen LogP contribution in [0.5, 0.6) is 0 Å². The molecule has 0 saturated carbocycles. The fourth-order valence-electron chi connectivity index (χ4n) is 2.12. The molecule has 1 aromatic heterocycles. The van der Waals surface area contributed by atoms with Gasteiger partial charge in [-0.3, -0.25) is 4.79 Å². The lowest BCUT2D eigenvalue weighted by atomic mass is 10.2. The topological polar surface area (TPSA) is 117 Å². The van der Waals surface area contributed by atoms with E-state index in [9.17, 15) is 9.59 Å². The number of amides is 2. The van der Waals surface area contributed by atoms with Crippen LogP contribution in [-0.4, -0.2) is 35.2 Å². The zero-order chi connectivity index (χ0) is 19.3. The number of carbonyl (C=O) groups excluding carboxylic acids is 2. The van der Waals surface area contributed by atoms with Crippen LogP contribution in [0.1, 0.15) is 26.7 Å². The molecule has 0 bridgehead atoms. The third-order valence-corrected chi connectivity index (χ3v) is 3.62. The minimum absolute atomic E-state index is 0.0167. The maximum atomic E-state index is 12.3. The minimum atomic E-state index is -0.991. The van der Waals surface area contributed by atoms with Crippen LogP contribution in [0.3, 0.4) is 0 Å². The molecule has 0 aliphatic carbocycles. The van der Waals surface area contributed by atoms with Crippen molar-refractivity contribution < 1.29 is 18.7 Å². The van der Waals surface area contributed by atoms with Crippen LogP contribution in [-0.2, 0) is 16.0 Å². The molecule has 0 radical (unpaired) electrons. The molecule has 1 atom stereocenters. The molecule has 0 spiro atoms. The number of nitrogens with one attached hydrogen (secondary N) is 2. The van der Waals surface area contributed by atoms with Gasteiger partial charge in [-0.05, 0) is 39.0 Å². The fraction of sp³-hybridized carbons (Fsp3) is 0.412. The van der Waals surface area contributed by atoms with Crippen LogP contribution in [0.4, 0.5) is 4.79 Å². The maximum Gasteiger partial charge on any atom is 0.408 e. The zero-order valence-electron chi connectivity index (χ0n) is 14.6. The third kappa shape index (κ3) is 5.74. The Labute approximate surface area is 159 Å². The zero-order valence-corrected chi connectivity index (χ0v) is 16.2. The number of nitriles is 1. The monoisotopic (exact) mass is 422 g/mol. The Morgan fingerprint density at radius 1 is 1.42 bits per heavy atom. The van der Waals surface area contributed by atoms with Gasteiger partial charge in [-0.2, -0.15) is 5.26 Å². The van der Waals surface area contributed by atoms with E-state index >= 15 is 0 Å². The van der Waals surface area contributed by atoms with Crippen molar-refractivity contribution in [2.24, 2.45) is 0 Å². The van der Waals surface area contributed by atoms with Crippen molar-refractivity contribution >= 4 is 39.0 Å². The van der Waals surface area contributed by atoms with E-state index in [1.54, 1.807) is 32.9 Å². The molecule has 0 fully saturated rings. The summed E-state index contributed by atoms with van der Waals surface area (Å²) in [6.07, 6.45) is -0.725. The van der Waals surface area contributed by atoms with Gasteiger partial charge in [-0.15, -0.1) is 0 Å². The highest BCUT2D eigenvalue weighted by atomic mass is 79.9. The van der Waals surface area contributed by atoms with Gasteiger partial charge in [0.05, 0.1) is 12.5 Å². The Kier molecular flexibility index (Phi) is 6.21. The summed E-state index contributed by atoms with van der Waals surface area (Å²) in [5.41, 5.74) is 0.487. The Morgan fingerprint density at radius 3 is 2.81 bits per heavy atom. The standard InChI is InChI=1S/C17H19BrN4O4/c1-17(2,3)26-16(24)22-12(15(23)20-7-6-19)9-14-21-11-5-4-10(18)8-13(11)25-14/h4-5,8,12H,7,9H2,1-3H3,(H,20,23)(H,22,24)/t12-/m0/s1. The lowest BCUT2D eigenvalue weighted by Gasteiger charge is -2.22. The van der Waals surface area contributed by atoms with Gasteiger partial charge in [0.2, 0.25) is 5.91 Å². The summed E-state index contributed by atoms with van der Waals surface area (Å²) in [6, 6.07) is 6.19. The predicted molar refractivity (Wildman–Crippen MR) is 97.2 cm³/mol. The van der Waals surface area contributed by atoms with Gasteiger partial charge >= 0.3 is 6.09 Å². The lowest BCUT2D eigenvalue weighted by Crippen LogP contribution is -2.49. The number of carbonyl (C=O) groups is 2. The summed E-state index contributed by atoms with van der Waals surface area (Å²) in [7, 11) is 0. The average molecular weight is 423 g/mol. The number of fused-ring (bicyclic) bond motifs is 1. The van der Waals surface area contributed by atoms with Crippen molar-refractivity contribution in [2.45, 2.75) is 38.8 Å². The minimum Gasteiger partial charge on any atom is -0.444 e. The van der Waals surface area contributed by atoms with Gasteiger partial charge in [-0.25, -0.2) is 9.78 Å². The first-order valence-corrected chi connectivity index (χ1v) is 8.66. The summed E-state index contributed by atoms with van der Waals surface area (Å²) in [5.74, 6) is -0.243. The molecule has 26 heavy (non-hydrogen) atoms. The van der Waals surface area contributed by atoms with Crippen molar-refractivity contribution in [3.05, 3.63) is 28.6 Å². The second-order valence-electron chi connectivity index (χ2n) is 6.50. The molecule has 0 saturated heterocycles. The molecule has 2 rings (SSSR count). The van der Waals surface area contributed by atoms with Gasteiger partial charge in [0.1, 0.15) is 23.7 Å². The first-order valence-electron chi connectivity index (χ1n) is 7.87. The summed E-state index contributed by atoms with van der Waals surface area (Å²) in [6.45, 7) is 4.98. The summed E-state index contributed by atoms with van der Waals surface area (Å²) < 4.78 is 11.7. The van der Waals surface area contributed by atoms with E-state index in [-0.39, 0.29) is 18.9 Å². The molecular weight excluding hydrogens is 404 g/mol. The van der Waals surface area contributed by atoms with E-state index in [0.29, 0.717) is 11.1 Å². The van der Waals surface area contributed by atoms with Crippen molar-refractivity contribution in [3.63, 3.8) is 0 Å². The molecule has 0 unspecified atom stereocenters. The van der Waals surface area contributed by atoms with E-state index in [0.717, 1.165) is 4.47 Å². The molecule has 8 nitrogen and oxygen atoms in total. The average Bonchev–Trinajstić information content (AvgIpc) is 2.91. The molecule has 2 aromatic rings. The van der Waals surface area contributed by atoms with Gasteiger partial charge in [0.15, 0.2) is 11.5 Å². The first kappa shape index (κ1) is 19.7. The third-order valence-electron chi connectivity index (χ3n) is 3.12. The van der Waals surface area contributed by atoms with Gasteiger partial charge in [-0.1, -0.05) is 15.9 Å². The first-order chi connectivity index (χ1) is 12.2. The Morgan fingerprint density at radius 2 is 2.15 bits per heavy atom. The van der Waals surface area contributed by atoms with Crippen molar-refractivity contribution in [3.8, 4) is 6.07 Å². The highest BCUT2D eigenvalue weighted by Crippen LogP contribution is 2.21. The van der Waals surface area contributed by atoms with E-state index in [4.69, 9.17) is 14.4 Å². The number of benzene rings is 1. The van der Waals surface area contributed by atoms with E-state index in [1.165, 1.54) is 0 Å². The molecule has 0 aliphatic rings. The highest BCUT2D eigenvalue weighted by Gasteiger charge is 2.26. The summed E-state index contributed by atoms with van der Waals surface area (Å²) >= 11 is 3.35. The molecule has 138 valence electrons. The summed E-state index contributed by atoms with van der Waals surface area (Å²) in [5, 5.41) is 13.5. The van der Waals surface area contributed by atoms with Crippen LogP contribution in [0.2, 0.25) is 0 Å². The number of oxazole rings is 1. The number of rotatable bonds is 5. The van der Waals surface area contributed by atoms with Gasteiger partial charge < -0.3 is 19.8 Å². The second-order valence-corrected chi connectivity index (χ2v) is 7.41. The molecule has 0 aliphatic heterocycles. The Bertz CT molecular complexity index is 851. The molecule has 1 aromatic carbocycles. The number of aromatic nitrogens is 1. The van der Waals surface area contributed by atoms with Crippen LogP contribution < -0.4 is 10.6 Å². The number of hydrogen-bond acceptors (Lipinski definition) is 6. The van der Waals surface area contributed by atoms with Crippen LogP contribution in [0.25, 0.3) is 11.1 Å². The SMILES string of the molecule is CC(C)(C)OC(=O)N[C@@H](Cc1nc2ccc(Br)cc2o1)C(=O)NCC#N. The highest BCUT2D eigenvalue weighted by molar-refractivity contribution is 9.10. The number of alkyl carbamates (subject to hydrolysis) is 1. The van der Waals surface area contributed by atoms with Crippen molar-refractivity contribution in [1.82, 2.24) is 15.6 Å². The number of hydrogen-bond donors (Lipinski definition) is 2. The van der Waals surface area contributed by atoms with Crippen molar-refractivity contribution in [1.29, 1.82) is 5.26 Å². The smallest absolute Gasteiger partial charge is 0.408 e. The normalized spacial score (nSPS) is 12.3. The van der Waals surface area contributed by atoms with Gasteiger partial charge in [0.25, 0.3) is 0 Å². The summed E-state index contributed by atoms with van der Waals surface area (Å²) in [4.78, 5) is 28.6. The molecular formula is C17H19BrN4O4. The Balaban J connectivity index is 2.17. The lowest BCUT2D eigenvalue weighted by molar-refractivity contribution is -0.123.